The summed E-state index contributed by atoms with van der Waals surface area (Å²) in [6.07, 6.45) is 12.1. The number of phosphoric acid groups is 1. The van der Waals surface area contributed by atoms with Crippen LogP contribution >= 0.6 is 7.82 Å². The normalized spacial score (nSPS) is 14.3. The van der Waals surface area contributed by atoms with Gasteiger partial charge in [0.05, 0.1) is 79.9 Å². The van der Waals surface area contributed by atoms with Crippen LogP contribution in [0.3, 0.4) is 0 Å². The van der Waals surface area contributed by atoms with Gasteiger partial charge in [0.2, 0.25) is 11.8 Å². The van der Waals surface area contributed by atoms with Gasteiger partial charge in [-0.3, -0.25) is 57.1 Å². The van der Waals surface area contributed by atoms with Crippen LogP contribution in [-0.4, -0.2) is 198 Å². The molecule has 0 bridgehead atoms. The minimum Gasteiger partial charge on any atom is -1.00 e. The first-order valence-electron chi connectivity index (χ1n) is 37.3. The van der Waals surface area contributed by atoms with Crippen LogP contribution in [-0.2, 0) is 102 Å². The van der Waals surface area contributed by atoms with Gasteiger partial charge in [0.15, 0.2) is 0 Å². The van der Waals surface area contributed by atoms with E-state index in [1.165, 1.54) is 31.7 Å². The molecule has 0 spiro atoms. The van der Waals surface area contributed by atoms with Crippen LogP contribution in [0.4, 0.5) is 0 Å². The van der Waals surface area contributed by atoms with Gasteiger partial charge >= 0.3 is 49.6 Å². The summed E-state index contributed by atoms with van der Waals surface area (Å²) in [5.74, 6) is -1.28. The van der Waals surface area contributed by atoms with Gasteiger partial charge in [-0.15, -0.1) is 0 Å². The number of likely N-dealkylation sites (tertiary alicyclic amines) is 1. The average molecular weight is 1580 g/mol. The van der Waals surface area contributed by atoms with Gasteiger partial charge in [0.1, 0.15) is 33.0 Å². The lowest BCUT2D eigenvalue weighted by Gasteiger charge is -2.25. The molecule has 0 aliphatic carbocycles. The van der Waals surface area contributed by atoms with Crippen molar-refractivity contribution in [3.05, 3.63) is 35.9 Å². The van der Waals surface area contributed by atoms with E-state index >= 15 is 0 Å². The molecule has 26 nitrogen and oxygen atoms in total. The van der Waals surface area contributed by atoms with Crippen molar-refractivity contribution >= 4 is 71.5 Å². The number of phosphoric ester groups is 1. The molecule has 29 heteroatoms. The van der Waals surface area contributed by atoms with Crippen LogP contribution in [0.5, 0.6) is 0 Å². The lowest BCUT2D eigenvalue weighted by molar-refractivity contribution is -0.870. The van der Waals surface area contributed by atoms with Crippen LogP contribution < -0.4 is 12.4 Å². The first-order valence-corrected chi connectivity index (χ1v) is 40.3. The van der Waals surface area contributed by atoms with E-state index in [9.17, 15) is 56.1 Å². The molecule has 624 valence electrons. The van der Waals surface area contributed by atoms with Crippen LogP contribution in [0, 0.1) is 44.8 Å². The Bertz CT molecular complexity index is 2770. The summed E-state index contributed by atoms with van der Waals surface area (Å²) in [6.45, 7) is 43.1. The molecule has 2 amide bonds. The third-order valence-electron chi connectivity index (χ3n) is 18.1. The quantitative estimate of drug-likeness (QED) is 0.0104. The van der Waals surface area contributed by atoms with Gasteiger partial charge in [0, 0.05) is 38.3 Å². The van der Waals surface area contributed by atoms with Gasteiger partial charge in [-0.1, -0.05) is 119 Å². The largest absolute Gasteiger partial charge is 1.00 e. The number of imide groups is 1. The molecule has 3 N–H and O–H groups in total. The highest BCUT2D eigenvalue weighted by Gasteiger charge is 2.40. The molecule has 1 heterocycles. The summed E-state index contributed by atoms with van der Waals surface area (Å²) in [5, 5.41) is -0.623. The van der Waals surface area contributed by atoms with E-state index in [0.717, 1.165) is 74.5 Å². The molecule has 4 unspecified atom stereocenters. The number of ether oxygens (including phenoxy) is 7. The molecule has 1 aromatic carbocycles. The summed E-state index contributed by atoms with van der Waals surface area (Å²) in [7, 11) is 3.48. The Hall–Kier alpha value is -5.12. The minimum atomic E-state index is -4.46. The molecule has 1 saturated heterocycles. The maximum Gasteiger partial charge on any atom is 0.469 e. The number of carbonyl (C=O) groups excluding carboxylic acids is 9. The number of halogens is 1. The molecule has 1 fully saturated rings. The van der Waals surface area contributed by atoms with Crippen molar-refractivity contribution in [2.24, 2.45) is 44.8 Å². The Morgan fingerprint density at radius 2 is 0.934 bits per heavy atom. The van der Waals surface area contributed by atoms with Gasteiger partial charge in [-0.25, -0.2) is 4.57 Å². The molecular formula is C77H145ClN3O23PS. The summed E-state index contributed by atoms with van der Waals surface area (Å²) in [5.41, 5.74) is -1.11. The van der Waals surface area contributed by atoms with Crippen molar-refractivity contribution in [1.29, 1.82) is 0 Å². The maximum absolute atomic E-state index is 11.8. The number of benzene rings is 1. The van der Waals surface area contributed by atoms with Crippen molar-refractivity contribution in [3.63, 3.8) is 0 Å². The maximum atomic E-state index is 11.8. The summed E-state index contributed by atoms with van der Waals surface area (Å²) in [4.78, 5) is 123. The van der Waals surface area contributed by atoms with E-state index < -0.39 is 40.0 Å². The smallest absolute Gasteiger partial charge is 0.469 e. The summed E-state index contributed by atoms with van der Waals surface area (Å²) >= 11 is 0. The first-order chi connectivity index (χ1) is 48.1. The number of likely N-dealkylation sites (N-methyl/N-ethyl adjacent to an activating group) is 2. The van der Waals surface area contributed by atoms with Gasteiger partial charge in [0.25, 0.3) is 10.1 Å². The highest BCUT2D eigenvalue weighted by molar-refractivity contribution is 7.86. The van der Waals surface area contributed by atoms with E-state index in [4.69, 9.17) is 47.5 Å². The highest BCUT2D eigenvalue weighted by atomic mass is 35.5. The Morgan fingerprint density at radius 1 is 0.547 bits per heavy atom. The second-order valence-corrected chi connectivity index (χ2v) is 33.8. The zero-order valence-corrected chi connectivity index (χ0v) is 72.6. The Kier molecular flexibility index (Phi) is 61.1. The average Bonchev–Trinajstić information content (AvgIpc) is 1.68. The fourth-order valence-corrected chi connectivity index (χ4v) is 7.91. The van der Waals surface area contributed by atoms with Crippen molar-refractivity contribution in [2.75, 3.05) is 102 Å². The fraction of sp³-hybridized carbons (Fsp3) is 0.805. The number of amides is 2. The molecule has 0 radical (unpaired) electrons. The van der Waals surface area contributed by atoms with Crippen molar-refractivity contribution in [1.82, 2.24) is 9.80 Å². The van der Waals surface area contributed by atoms with E-state index in [0.29, 0.717) is 71.1 Å². The number of nitrogens with zero attached hydrogens (tertiary/aromatic N) is 3. The lowest BCUT2D eigenvalue weighted by Crippen LogP contribution is -3.00. The van der Waals surface area contributed by atoms with E-state index in [1.54, 1.807) is 34.6 Å². The minimum absolute atomic E-state index is 0. The monoisotopic (exact) mass is 1580 g/mol. The molecule has 1 aliphatic heterocycles. The second-order valence-electron chi connectivity index (χ2n) is 30.7. The molecule has 1 aliphatic rings. The zero-order chi connectivity index (χ0) is 82.8. The van der Waals surface area contributed by atoms with Crippen LogP contribution in [0.2, 0.25) is 0 Å². The molecule has 106 heavy (non-hydrogen) atoms. The third kappa shape index (κ3) is 57.0. The number of hydrogen-bond donors (Lipinski definition) is 3. The third-order valence-corrected chi connectivity index (χ3v) is 20.0. The summed E-state index contributed by atoms with van der Waals surface area (Å²) < 4.78 is 79.8. The van der Waals surface area contributed by atoms with Crippen LogP contribution in [0.25, 0.3) is 0 Å². The molecule has 2 rings (SSSR count). The van der Waals surface area contributed by atoms with Crippen LogP contribution in [0.1, 0.15) is 254 Å². The van der Waals surface area contributed by atoms with E-state index in [2.05, 4.69) is 39.5 Å². The lowest BCUT2D eigenvalue weighted by atomic mass is 9.91. The molecule has 0 saturated carbocycles. The summed E-state index contributed by atoms with van der Waals surface area (Å²) in [6, 6.07) is 9.72. The predicted octanol–water partition coefficient (Wildman–Crippen LogP) is 11.0. The SMILES string of the molecule is CC1C(=O)N(C)C(=O)C1C.CCC(C)(C)C(=O)OCCN(C)C.CCC(C)(C)C(=O)OCCOP(=O)(O)O.CCC(C)(C)C(=O)OCC[N+](C)(C)C.CCC(C)(C)C(=O)OCc1ccccc1.CCC(C)S(=O)(=O)O.CCCCC(CC)COC(=O)CCCCCOC(=O)CCCOC(=O)C(C)(C)CC.[Cl-]. The second kappa shape index (κ2) is 57.9. The standard InChI is InChI=1S/C24H44O6.C13H18O2.C11H24NO2.C10H21NO2.C8H17O6P.C7H11NO2.C4H10O3S.ClH/c1-6-9-14-20(7-2)19-30-22(26)15-11-10-12-17-28-21(25)16-13-18-29-23(27)24(4,5)8-3;1-4-13(2,3)12(14)15-10-11-8-6-5-7-9-11;1-7-11(2,3)10(13)14-9-8-12(4,5)6;1-6-10(2,3)9(12)13-8-7-11(4)5;1-4-8(2,3)7(9)13-5-6-14-15(10,11)12;1-4-5(2)7(10)8(3)6(4)9;1-3-4(2)8(5,6)7;/h20H,6-19H2,1-5H3;5-9H,4,10H2,1-3H3;7-9H2,1-6H3;6-8H2,1-5H3;4-6H2,1-3H3,(H2,10,11,12);4-5H,1-3H3;4H,3H2,1-2H3,(H,5,6,7);1H/q;;+1;;;;;/p-1. The number of hydrogen-bond acceptors (Lipinski definition) is 21. The fourth-order valence-electron chi connectivity index (χ4n) is 7.17. The number of carbonyl (C=O) groups is 9. The molecular weight excluding hydrogens is 1430 g/mol. The number of quaternary nitrogens is 1. The Balaban J connectivity index is -0.000000287. The van der Waals surface area contributed by atoms with E-state index in [1.807, 2.05) is 139 Å². The first kappa shape index (κ1) is 112. The number of esters is 7. The molecule has 0 aromatic heterocycles. The van der Waals surface area contributed by atoms with E-state index in [-0.39, 0.29) is 114 Å². The highest BCUT2D eigenvalue weighted by Crippen LogP contribution is 2.35. The Morgan fingerprint density at radius 3 is 1.28 bits per heavy atom. The van der Waals surface area contributed by atoms with Crippen molar-refractivity contribution in [2.45, 2.75) is 260 Å². The molecule has 1 aromatic rings. The van der Waals surface area contributed by atoms with Gasteiger partial charge in [-0.2, -0.15) is 8.42 Å². The number of unbranched alkanes of at least 4 members (excludes halogenated alkanes) is 3. The van der Waals surface area contributed by atoms with Crippen molar-refractivity contribution in [3.8, 4) is 0 Å². The predicted molar refractivity (Wildman–Crippen MR) is 410 cm³/mol. The molecule has 4 atom stereocenters. The van der Waals surface area contributed by atoms with Crippen molar-refractivity contribution < 1.29 is 125 Å². The topological polar surface area (TPSA) is 346 Å². The Labute approximate surface area is 645 Å². The van der Waals surface area contributed by atoms with Gasteiger partial charge < -0.3 is 64.7 Å². The zero-order valence-electron chi connectivity index (χ0n) is 70.2. The van der Waals surface area contributed by atoms with Crippen LogP contribution in [0.15, 0.2) is 30.3 Å². The van der Waals surface area contributed by atoms with Gasteiger partial charge in [-0.05, 0) is 172 Å². The number of rotatable bonds is 40.